The van der Waals surface area contributed by atoms with Crippen molar-refractivity contribution in [3.05, 3.63) is 42.5 Å². The number of fused-ring (bicyclic) bond motifs is 1. The molecule has 0 heterocycles. The minimum absolute atomic E-state index is 0.0908. The van der Waals surface area contributed by atoms with Crippen molar-refractivity contribution >= 4 is 10.8 Å². The van der Waals surface area contributed by atoms with Crippen LogP contribution in [0.2, 0.25) is 0 Å². The van der Waals surface area contributed by atoms with E-state index in [9.17, 15) is 5.11 Å². The van der Waals surface area contributed by atoms with E-state index in [-0.39, 0.29) is 5.75 Å². The van der Waals surface area contributed by atoms with Gasteiger partial charge < -0.3 is 15.6 Å². The van der Waals surface area contributed by atoms with E-state index >= 15 is 0 Å². The van der Waals surface area contributed by atoms with Gasteiger partial charge in [0, 0.05) is 14.6 Å². The first-order valence-corrected chi connectivity index (χ1v) is 4.74. The number of rotatable bonds is 4. The van der Waals surface area contributed by atoms with Gasteiger partial charge in [-0.05, 0) is 11.5 Å². The molecule has 1 atom stereocenters. The van der Waals surface area contributed by atoms with Crippen LogP contribution in [0.4, 0.5) is 0 Å². The molecule has 84 valence electrons. The monoisotopic (exact) mass is 222 g/mol. The van der Waals surface area contributed by atoms with Crippen molar-refractivity contribution in [1.82, 2.24) is 0 Å². The molecule has 0 fully saturated rings. The Bertz CT molecular complexity index is 649. The lowest BCUT2D eigenvalue weighted by molar-refractivity contribution is 0.115. The van der Waals surface area contributed by atoms with Crippen LogP contribution in [-0.4, -0.2) is 24.2 Å². The molecule has 2 aromatic rings. The third-order valence-electron chi connectivity index (χ3n) is 2.14. The SMILES string of the molecule is [2H]C([2H])(N)C([2H])(O)C([2H])([2H])Oc1cccc2ccccc12. The van der Waals surface area contributed by atoms with Crippen LogP contribution >= 0.6 is 0 Å². The van der Waals surface area contributed by atoms with E-state index in [0.29, 0.717) is 5.39 Å². The van der Waals surface area contributed by atoms with Crippen molar-refractivity contribution in [1.29, 1.82) is 0 Å². The van der Waals surface area contributed by atoms with Crippen molar-refractivity contribution in [2.75, 3.05) is 13.1 Å². The number of hydrogen-bond acceptors (Lipinski definition) is 3. The highest BCUT2D eigenvalue weighted by Gasteiger charge is 2.04. The van der Waals surface area contributed by atoms with Crippen molar-refractivity contribution in [2.24, 2.45) is 5.73 Å². The predicted octanol–water partition coefficient (Wildman–Crippen LogP) is 1.54. The van der Waals surface area contributed by atoms with Crippen molar-refractivity contribution < 1.29 is 16.7 Å². The first-order valence-electron chi connectivity index (χ1n) is 7.24. The summed E-state index contributed by atoms with van der Waals surface area (Å²) in [6, 6.07) is 11.9. The van der Waals surface area contributed by atoms with Gasteiger partial charge in [0.15, 0.2) is 0 Å². The highest BCUT2D eigenvalue weighted by Crippen LogP contribution is 2.25. The van der Waals surface area contributed by atoms with E-state index < -0.39 is 19.1 Å². The Morgan fingerprint density at radius 3 is 2.88 bits per heavy atom. The molecule has 1 unspecified atom stereocenters. The quantitative estimate of drug-likeness (QED) is 0.825. The molecule has 2 aromatic carbocycles. The second-order valence-corrected chi connectivity index (χ2v) is 3.17. The summed E-state index contributed by atoms with van der Waals surface area (Å²) in [6.07, 6.45) is -3.28. The van der Waals surface area contributed by atoms with Gasteiger partial charge in [0.2, 0.25) is 0 Å². The van der Waals surface area contributed by atoms with E-state index in [1.54, 1.807) is 36.4 Å². The number of ether oxygens (including phenoxy) is 1. The van der Waals surface area contributed by atoms with Gasteiger partial charge in [-0.2, -0.15) is 0 Å². The molecule has 3 nitrogen and oxygen atoms in total. The van der Waals surface area contributed by atoms with Crippen LogP contribution in [0.15, 0.2) is 42.5 Å². The van der Waals surface area contributed by atoms with Crippen molar-refractivity contribution in [3.8, 4) is 5.75 Å². The number of hydrogen-bond donors (Lipinski definition) is 2. The normalized spacial score (nSPS) is 21.0. The Kier molecular flexibility index (Phi) is 1.93. The lowest BCUT2D eigenvalue weighted by Crippen LogP contribution is -2.26. The second kappa shape index (κ2) is 4.96. The molecule has 0 amide bonds. The molecule has 0 radical (unpaired) electrons. The van der Waals surface area contributed by atoms with Gasteiger partial charge in [0.05, 0.1) is 4.11 Å². The van der Waals surface area contributed by atoms with Gasteiger partial charge in [0.25, 0.3) is 0 Å². The molecule has 0 aliphatic rings. The van der Waals surface area contributed by atoms with Crippen LogP contribution in [0.25, 0.3) is 10.8 Å². The van der Waals surface area contributed by atoms with Gasteiger partial charge in [-0.25, -0.2) is 0 Å². The van der Waals surface area contributed by atoms with E-state index in [4.69, 9.17) is 17.3 Å². The van der Waals surface area contributed by atoms with E-state index in [1.165, 1.54) is 6.07 Å². The summed E-state index contributed by atoms with van der Waals surface area (Å²) in [6.45, 7) is -6.05. The fourth-order valence-electron chi connectivity index (χ4n) is 1.42. The first kappa shape index (κ1) is 6.23. The van der Waals surface area contributed by atoms with Crippen LogP contribution < -0.4 is 10.5 Å². The van der Waals surface area contributed by atoms with Crippen molar-refractivity contribution in [2.45, 2.75) is 6.08 Å². The minimum Gasteiger partial charge on any atom is -0.490 e. The Hall–Kier alpha value is -1.58. The summed E-state index contributed by atoms with van der Waals surface area (Å²) < 4.78 is 42.4. The smallest absolute Gasteiger partial charge is 0.127 e. The molecule has 3 heteroatoms. The Morgan fingerprint density at radius 2 is 2.06 bits per heavy atom. The maximum Gasteiger partial charge on any atom is 0.127 e. The topological polar surface area (TPSA) is 55.5 Å². The molecule has 0 aromatic heterocycles. The lowest BCUT2D eigenvalue weighted by atomic mass is 10.1. The van der Waals surface area contributed by atoms with Crippen molar-refractivity contribution in [3.63, 3.8) is 0 Å². The van der Waals surface area contributed by atoms with Gasteiger partial charge in [0.1, 0.15) is 18.4 Å². The van der Waals surface area contributed by atoms with Crippen LogP contribution in [0.5, 0.6) is 5.75 Å². The second-order valence-electron chi connectivity index (χ2n) is 3.17. The Labute approximate surface area is 101 Å². The van der Waals surface area contributed by atoms with Crippen LogP contribution in [0.1, 0.15) is 6.85 Å². The molecule has 0 bridgehead atoms. The molecule has 0 spiro atoms. The Morgan fingerprint density at radius 1 is 1.31 bits per heavy atom. The highest BCUT2D eigenvalue weighted by atomic mass is 16.5. The summed E-state index contributed by atoms with van der Waals surface area (Å²) in [5.74, 6) is 0.0908. The van der Waals surface area contributed by atoms with Crippen LogP contribution in [-0.2, 0) is 0 Å². The number of aliphatic hydroxyl groups is 1. The molecule has 0 aliphatic carbocycles. The summed E-state index contributed by atoms with van der Waals surface area (Å²) in [5, 5.41) is 11.1. The summed E-state index contributed by atoms with van der Waals surface area (Å²) in [7, 11) is 0. The zero-order valence-corrected chi connectivity index (χ0v) is 8.47. The maximum atomic E-state index is 9.78. The van der Waals surface area contributed by atoms with Gasteiger partial charge in [-0.3, -0.25) is 0 Å². The molecular formula is C13H15NO2. The average molecular weight is 222 g/mol. The summed E-state index contributed by atoms with van der Waals surface area (Å²) in [5.41, 5.74) is 5.04. The predicted molar refractivity (Wildman–Crippen MR) is 64.5 cm³/mol. The molecular weight excluding hydrogens is 202 g/mol. The van der Waals surface area contributed by atoms with E-state index in [2.05, 4.69) is 0 Å². The summed E-state index contributed by atoms with van der Waals surface area (Å²) in [4.78, 5) is 0. The first-order chi connectivity index (χ1) is 9.56. The third kappa shape index (κ3) is 2.32. The molecule has 0 aliphatic heterocycles. The highest BCUT2D eigenvalue weighted by molar-refractivity contribution is 5.88. The molecule has 0 saturated carbocycles. The fraction of sp³-hybridized carbons (Fsp3) is 0.231. The summed E-state index contributed by atoms with van der Waals surface area (Å²) >= 11 is 0. The zero-order chi connectivity index (χ0) is 15.9. The molecule has 0 saturated heterocycles. The van der Waals surface area contributed by atoms with E-state index in [0.717, 1.165) is 5.39 Å². The van der Waals surface area contributed by atoms with Crippen LogP contribution in [0.3, 0.4) is 0 Å². The van der Waals surface area contributed by atoms with Gasteiger partial charge >= 0.3 is 0 Å². The maximum absolute atomic E-state index is 9.78. The van der Waals surface area contributed by atoms with Crippen LogP contribution in [0, 0.1) is 0 Å². The standard InChI is InChI=1S/C13H15NO2/c14-8-11(15)9-16-13-7-3-5-10-4-1-2-6-12(10)13/h1-7,11,15H,8-9,14H2/i8D2,9D2,11D. The average Bonchev–Trinajstić information content (AvgIpc) is 2.37. The molecule has 2 rings (SSSR count). The zero-order valence-electron chi connectivity index (χ0n) is 13.5. The largest absolute Gasteiger partial charge is 0.490 e. The number of nitrogens with two attached hydrogens (primary N) is 1. The molecule has 3 N–H and O–H groups in total. The fourth-order valence-corrected chi connectivity index (χ4v) is 1.42. The lowest BCUT2D eigenvalue weighted by Gasteiger charge is -2.12. The molecule has 16 heavy (non-hydrogen) atoms. The minimum atomic E-state index is -3.28. The van der Waals surface area contributed by atoms with Gasteiger partial charge in [-0.1, -0.05) is 36.4 Å². The third-order valence-corrected chi connectivity index (χ3v) is 2.14. The number of benzene rings is 2. The Balaban J connectivity index is 2.44. The van der Waals surface area contributed by atoms with Gasteiger partial charge in [-0.15, -0.1) is 0 Å². The van der Waals surface area contributed by atoms with E-state index in [1.807, 2.05) is 0 Å².